The van der Waals surface area contributed by atoms with Crippen LogP contribution in [0.1, 0.15) is 24.3 Å². The molecule has 0 amide bonds. The molecule has 82 valence electrons. The van der Waals surface area contributed by atoms with Crippen molar-refractivity contribution in [3.63, 3.8) is 0 Å². The molecule has 0 aromatic carbocycles. The summed E-state index contributed by atoms with van der Waals surface area (Å²) in [5, 5.41) is 2.15. The van der Waals surface area contributed by atoms with Crippen LogP contribution in [0.4, 0.5) is 0 Å². The molecular formula is C12H17NOS. The summed E-state index contributed by atoms with van der Waals surface area (Å²) in [5.74, 6) is 0.516. The molecular weight excluding hydrogens is 206 g/mol. The number of fused-ring (bicyclic) bond motifs is 1. The smallest absolute Gasteiger partial charge is 0.149 e. The Balaban J connectivity index is 1.96. The molecule has 1 aliphatic rings. The van der Waals surface area contributed by atoms with E-state index in [1.807, 2.05) is 25.2 Å². The van der Waals surface area contributed by atoms with Gasteiger partial charge < -0.3 is 0 Å². The number of carbonyl (C=O) groups excluding carboxylic acids is 1. The third-order valence-electron chi connectivity index (χ3n) is 2.91. The summed E-state index contributed by atoms with van der Waals surface area (Å²) < 4.78 is 0. The molecule has 0 bridgehead atoms. The zero-order valence-electron chi connectivity index (χ0n) is 9.32. The van der Waals surface area contributed by atoms with Crippen molar-refractivity contribution in [1.82, 2.24) is 4.90 Å². The lowest BCUT2D eigenvalue weighted by Crippen LogP contribution is -2.35. The SMILES string of the molecule is CC(C)C(=O)CN1CCc2sccc2C1. The van der Waals surface area contributed by atoms with Crippen molar-refractivity contribution in [3.05, 3.63) is 21.9 Å². The van der Waals surface area contributed by atoms with Crippen LogP contribution in [0.2, 0.25) is 0 Å². The van der Waals surface area contributed by atoms with Gasteiger partial charge in [-0.2, -0.15) is 0 Å². The number of nitrogens with zero attached hydrogens (tertiary/aromatic N) is 1. The van der Waals surface area contributed by atoms with Gasteiger partial charge in [-0.05, 0) is 23.4 Å². The molecule has 0 N–H and O–H groups in total. The number of Topliss-reactive ketones (excluding diaryl/α,β-unsaturated/α-hetero) is 1. The third-order valence-corrected chi connectivity index (χ3v) is 3.93. The fourth-order valence-electron chi connectivity index (χ4n) is 1.84. The molecule has 0 unspecified atom stereocenters. The van der Waals surface area contributed by atoms with E-state index in [9.17, 15) is 4.79 Å². The van der Waals surface area contributed by atoms with Gasteiger partial charge in [0.1, 0.15) is 5.78 Å². The Labute approximate surface area is 94.9 Å². The van der Waals surface area contributed by atoms with Crippen LogP contribution in [0, 0.1) is 5.92 Å². The minimum absolute atomic E-state index is 0.161. The Kier molecular flexibility index (Phi) is 3.22. The first kappa shape index (κ1) is 10.8. The Morgan fingerprint density at radius 1 is 1.60 bits per heavy atom. The van der Waals surface area contributed by atoms with Gasteiger partial charge >= 0.3 is 0 Å². The quantitative estimate of drug-likeness (QED) is 0.784. The number of hydrogen-bond donors (Lipinski definition) is 0. The molecule has 1 aromatic rings. The first-order valence-electron chi connectivity index (χ1n) is 5.47. The molecule has 2 heterocycles. The second kappa shape index (κ2) is 4.45. The highest BCUT2D eigenvalue weighted by atomic mass is 32.1. The first-order chi connectivity index (χ1) is 7.16. The largest absolute Gasteiger partial charge is 0.298 e. The van der Waals surface area contributed by atoms with Crippen molar-refractivity contribution in [1.29, 1.82) is 0 Å². The summed E-state index contributed by atoms with van der Waals surface area (Å²) in [5.41, 5.74) is 1.42. The second-order valence-electron chi connectivity index (χ2n) is 4.45. The molecule has 0 spiro atoms. The van der Waals surface area contributed by atoms with Gasteiger partial charge in [-0.15, -0.1) is 11.3 Å². The summed E-state index contributed by atoms with van der Waals surface area (Å²) >= 11 is 1.84. The van der Waals surface area contributed by atoms with Gasteiger partial charge in [-0.3, -0.25) is 9.69 Å². The van der Waals surface area contributed by atoms with Crippen LogP contribution in [-0.4, -0.2) is 23.8 Å². The molecule has 0 aliphatic carbocycles. The molecule has 2 nitrogen and oxygen atoms in total. The Morgan fingerprint density at radius 3 is 3.13 bits per heavy atom. The molecule has 0 saturated carbocycles. The van der Waals surface area contributed by atoms with E-state index < -0.39 is 0 Å². The number of thiophene rings is 1. The van der Waals surface area contributed by atoms with Crippen molar-refractivity contribution in [3.8, 4) is 0 Å². The average Bonchev–Trinajstić information content (AvgIpc) is 2.64. The average molecular weight is 223 g/mol. The van der Waals surface area contributed by atoms with Crippen molar-refractivity contribution in [2.75, 3.05) is 13.1 Å². The minimum Gasteiger partial charge on any atom is -0.298 e. The summed E-state index contributed by atoms with van der Waals surface area (Å²) in [6, 6.07) is 2.19. The number of carbonyl (C=O) groups is 1. The molecule has 0 radical (unpaired) electrons. The zero-order valence-corrected chi connectivity index (χ0v) is 10.1. The summed E-state index contributed by atoms with van der Waals surface area (Å²) in [6.45, 7) is 6.56. The molecule has 0 fully saturated rings. The topological polar surface area (TPSA) is 20.3 Å². The van der Waals surface area contributed by atoms with E-state index in [2.05, 4.69) is 16.3 Å². The van der Waals surface area contributed by atoms with Crippen LogP contribution >= 0.6 is 11.3 Å². The maximum absolute atomic E-state index is 11.6. The van der Waals surface area contributed by atoms with Crippen molar-refractivity contribution >= 4 is 17.1 Å². The third kappa shape index (κ3) is 2.47. The van der Waals surface area contributed by atoms with E-state index >= 15 is 0 Å². The van der Waals surface area contributed by atoms with E-state index in [-0.39, 0.29) is 5.92 Å². The maximum Gasteiger partial charge on any atom is 0.149 e. The van der Waals surface area contributed by atoms with Crippen LogP contribution in [0.25, 0.3) is 0 Å². The molecule has 2 rings (SSSR count). The first-order valence-corrected chi connectivity index (χ1v) is 6.35. The minimum atomic E-state index is 0.161. The van der Waals surface area contributed by atoms with Crippen LogP contribution in [0.3, 0.4) is 0 Å². The predicted octanol–water partition coefficient (Wildman–Crippen LogP) is 2.33. The second-order valence-corrected chi connectivity index (χ2v) is 5.45. The van der Waals surface area contributed by atoms with Gasteiger partial charge in [-0.25, -0.2) is 0 Å². The van der Waals surface area contributed by atoms with Crippen LogP contribution in [0.5, 0.6) is 0 Å². The molecule has 1 aliphatic heterocycles. The number of hydrogen-bond acceptors (Lipinski definition) is 3. The van der Waals surface area contributed by atoms with E-state index in [1.165, 1.54) is 10.4 Å². The van der Waals surface area contributed by atoms with Crippen molar-refractivity contribution in [2.24, 2.45) is 5.92 Å². The van der Waals surface area contributed by atoms with Gasteiger partial charge in [0.25, 0.3) is 0 Å². The highest BCUT2D eigenvalue weighted by Crippen LogP contribution is 2.23. The zero-order chi connectivity index (χ0) is 10.8. The standard InChI is InChI=1S/C12H17NOS/c1-9(2)11(14)8-13-5-3-12-10(7-13)4-6-15-12/h4,6,9H,3,5,7-8H2,1-2H3. The molecule has 0 saturated heterocycles. The van der Waals surface area contributed by atoms with E-state index in [0.29, 0.717) is 12.3 Å². The fraction of sp³-hybridized carbons (Fsp3) is 0.583. The fourth-order valence-corrected chi connectivity index (χ4v) is 2.73. The van der Waals surface area contributed by atoms with Gasteiger partial charge in [-0.1, -0.05) is 13.8 Å². The van der Waals surface area contributed by atoms with E-state index in [0.717, 1.165) is 19.5 Å². The monoisotopic (exact) mass is 223 g/mol. The summed E-state index contributed by atoms with van der Waals surface area (Å²) in [6.07, 6.45) is 1.11. The molecule has 1 aromatic heterocycles. The van der Waals surface area contributed by atoms with E-state index in [1.54, 1.807) is 0 Å². The maximum atomic E-state index is 11.6. The Morgan fingerprint density at radius 2 is 2.40 bits per heavy atom. The van der Waals surface area contributed by atoms with Crippen LogP contribution < -0.4 is 0 Å². The molecule has 0 atom stereocenters. The molecule has 3 heteroatoms. The highest BCUT2D eigenvalue weighted by Gasteiger charge is 2.19. The van der Waals surface area contributed by atoms with Gasteiger partial charge in [0.2, 0.25) is 0 Å². The lowest BCUT2D eigenvalue weighted by Gasteiger charge is -2.26. The Bertz CT molecular complexity index is 356. The van der Waals surface area contributed by atoms with Gasteiger partial charge in [0, 0.05) is 23.9 Å². The number of ketones is 1. The summed E-state index contributed by atoms with van der Waals surface area (Å²) in [7, 11) is 0. The Hall–Kier alpha value is -0.670. The van der Waals surface area contributed by atoms with Crippen molar-refractivity contribution < 1.29 is 4.79 Å². The molecule has 15 heavy (non-hydrogen) atoms. The predicted molar refractivity (Wildman–Crippen MR) is 63.1 cm³/mol. The normalized spacial score (nSPS) is 16.7. The number of rotatable bonds is 3. The lowest BCUT2D eigenvalue weighted by molar-refractivity contribution is -0.123. The van der Waals surface area contributed by atoms with Gasteiger partial charge in [0.15, 0.2) is 0 Å². The van der Waals surface area contributed by atoms with Crippen LogP contribution in [0.15, 0.2) is 11.4 Å². The highest BCUT2D eigenvalue weighted by molar-refractivity contribution is 7.10. The lowest BCUT2D eigenvalue weighted by atomic mass is 10.1. The van der Waals surface area contributed by atoms with E-state index in [4.69, 9.17) is 0 Å². The van der Waals surface area contributed by atoms with Gasteiger partial charge in [0.05, 0.1) is 6.54 Å². The summed E-state index contributed by atoms with van der Waals surface area (Å²) in [4.78, 5) is 15.4. The van der Waals surface area contributed by atoms with Crippen LogP contribution in [-0.2, 0) is 17.8 Å². The van der Waals surface area contributed by atoms with Crippen molar-refractivity contribution in [2.45, 2.75) is 26.8 Å².